The molecule has 0 radical (unpaired) electrons. The fourth-order valence-corrected chi connectivity index (χ4v) is 3.01. The van der Waals surface area contributed by atoms with Gasteiger partial charge in [0.05, 0.1) is 0 Å². The molecule has 0 saturated carbocycles. The fraction of sp³-hybridized carbons (Fsp3) is 0.200. The molecule has 0 spiro atoms. The van der Waals surface area contributed by atoms with Crippen LogP contribution in [0.5, 0.6) is 0 Å². The summed E-state index contributed by atoms with van der Waals surface area (Å²) in [5, 5.41) is 0. The van der Waals surface area contributed by atoms with E-state index in [1.165, 1.54) is 44.9 Å². The van der Waals surface area contributed by atoms with Gasteiger partial charge < -0.3 is 0 Å². The zero-order valence-corrected chi connectivity index (χ0v) is 12.6. The van der Waals surface area contributed by atoms with Gasteiger partial charge in [-0.25, -0.2) is 0 Å². The summed E-state index contributed by atoms with van der Waals surface area (Å²) in [7, 11) is 0. The molecule has 0 saturated heterocycles. The van der Waals surface area contributed by atoms with E-state index < -0.39 is 0 Å². The van der Waals surface area contributed by atoms with Crippen molar-refractivity contribution in [1.82, 2.24) is 0 Å². The normalized spacial score (nSPS) is 10.6. The van der Waals surface area contributed by atoms with Crippen molar-refractivity contribution in [1.29, 1.82) is 0 Å². The van der Waals surface area contributed by atoms with Crippen LogP contribution in [0.2, 0.25) is 4.37 Å². The molecular weight excluding hydrogens is 302 g/mol. The fourth-order valence-electron chi connectivity index (χ4n) is 2.06. The molecule has 0 nitrogen and oxygen atoms in total. The van der Waals surface area contributed by atoms with Gasteiger partial charge in [0.15, 0.2) is 0 Å². The third-order valence-corrected chi connectivity index (χ3v) is 3.81. The Morgan fingerprint density at radius 2 is 1.19 bits per heavy atom. The van der Waals surface area contributed by atoms with Crippen LogP contribution in [-0.4, -0.2) is 23.0 Å². The van der Waals surface area contributed by atoms with E-state index >= 15 is 0 Å². The van der Waals surface area contributed by atoms with Crippen LogP contribution in [0.4, 0.5) is 0 Å². The van der Waals surface area contributed by atoms with Crippen LogP contribution in [0.25, 0.3) is 0 Å². The monoisotopic (exact) mass is 318 g/mol. The average Bonchev–Trinajstić information content (AvgIpc) is 2.38. The van der Waals surface area contributed by atoms with Crippen LogP contribution in [0.15, 0.2) is 60.7 Å². The molecule has 0 aliphatic carbocycles. The molecule has 0 atom stereocenters. The van der Waals surface area contributed by atoms with Crippen LogP contribution >= 0.6 is 0 Å². The molecule has 82 valence electrons. The zero-order valence-electron chi connectivity index (χ0n) is 9.34. The van der Waals surface area contributed by atoms with Gasteiger partial charge in [0.2, 0.25) is 0 Å². The number of rotatable bonds is 4. The van der Waals surface area contributed by atoms with Crippen molar-refractivity contribution in [2.45, 2.75) is 16.7 Å². The molecule has 0 aromatic heterocycles. The summed E-state index contributed by atoms with van der Waals surface area (Å²) in [5.74, 6) is 0.581. The summed E-state index contributed by atoms with van der Waals surface area (Å²) in [4.78, 5) is 0. The second-order valence-electron chi connectivity index (χ2n) is 3.95. The van der Waals surface area contributed by atoms with E-state index in [0.717, 1.165) is 0 Å². The van der Waals surface area contributed by atoms with Gasteiger partial charge in [-0.15, -0.1) is 0 Å². The van der Waals surface area contributed by atoms with Crippen molar-refractivity contribution in [3.63, 3.8) is 0 Å². The van der Waals surface area contributed by atoms with Crippen LogP contribution in [-0.2, 0) is 0 Å². The molecule has 0 N–H and O–H groups in total. The molecule has 0 fully saturated rings. The zero-order chi connectivity index (χ0) is 11.2. The SMILES string of the molecule is [SbH2][CH2]CC(c1ccccc1)c1ccccc1. The van der Waals surface area contributed by atoms with Gasteiger partial charge in [0.1, 0.15) is 0 Å². The van der Waals surface area contributed by atoms with Gasteiger partial charge in [-0.1, -0.05) is 0 Å². The van der Waals surface area contributed by atoms with E-state index in [0.29, 0.717) is 5.92 Å². The number of hydrogen-bond acceptors (Lipinski definition) is 0. The quantitative estimate of drug-likeness (QED) is 0.759. The first kappa shape index (κ1) is 11.7. The van der Waals surface area contributed by atoms with Gasteiger partial charge in [-0.2, -0.15) is 0 Å². The molecular formula is C15H17Sb. The number of benzene rings is 2. The van der Waals surface area contributed by atoms with Crippen molar-refractivity contribution in [2.24, 2.45) is 0 Å². The van der Waals surface area contributed by atoms with Crippen molar-refractivity contribution in [3.8, 4) is 0 Å². The van der Waals surface area contributed by atoms with Crippen LogP contribution in [0.3, 0.4) is 0 Å². The molecule has 16 heavy (non-hydrogen) atoms. The molecule has 0 unspecified atom stereocenters. The Hall–Kier alpha value is -0.742. The average molecular weight is 319 g/mol. The minimum atomic E-state index is 0.581. The Morgan fingerprint density at radius 3 is 1.56 bits per heavy atom. The summed E-state index contributed by atoms with van der Waals surface area (Å²) >= 11 is 1.35. The third-order valence-electron chi connectivity index (χ3n) is 2.86. The first-order chi connectivity index (χ1) is 7.92. The molecule has 0 aliphatic heterocycles. The standard InChI is InChI=1S/C15H15.Sb.2H/c1-2-15(13-9-5-3-6-10-13)14-11-7-4-8-12-14;;;/h3-12,15H,1-2H2;;;. The van der Waals surface area contributed by atoms with Gasteiger partial charge >= 0.3 is 112 Å². The van der Waals surface area contributed by atoms with Crippen LogP contribution < -0.4 is 0 Å². The Kier molecular flexibility index (Phi) is 4.48. The Balaban J connectivity index is 2.31. The summed E-state index contributed by atoms with van der Waals surface area (Å²) in [5.41, 5.74) is 2.89. The van der Waals surface area contributed by atoms with Gasteiger partial charge in [-0.3, -0.25) is 0 Å². The van der Waals surface area contributed by atoms with E-state index in [2.05, 4.69) is 60.7 Å². The molecule has 2 aromatic rings. The third kappa shape index (κ3) is 2.89. The molecule has 0 amide bonds. The number of hydrogen-bond donors (Lipinski definition) is 0. The Morgan fingerprint density at radius 1 is 0.750 bits per heavy atom. The van der Waals surface area contributed by atoms with E-state index in [1.807, 2.05) is 0 Å². The topological polar surface area (TPSA) is 0 Å². The minimum absolute atomic E-state index is 0.581. The Bertz CT molecular complexity index is 368. The maximum atomic E-state index is 2.24. The second kappa shape index (κ2) is 6.11. The van der Waals surface area contributed by atoms with Gasteiger partial charge in [0, 0.05) is 0 Å². The second-order valence-corrected chi connectivity index (χ2v) is 5.60. The van der Waals surface area contributed by atoms with Crippen molar-refractivity contribution in [2.75, 3.05) is 0 Å². The molecule has 1 heteroatoms. The van der Waals surface area contributed by atoms with Crippen molar-refractivity contribution >= 4 is 23.0 Å². The van der Waals surface area contributed by atoms with Crippen molar-refractivity contribution < 1.29 is 0 Å². The molecule has 0 aliphatic rings. The first-order valence-corrected chi connectivity index (χ1v) is 8.05. The summed E-state index contributed by atoms with van der Waals surface area (Å²) < 4.78 is 1.35. The van der Waals surface area contributed by atoms with E-state index in [9.17, 15) is 0 Å². The predicted molar refractivity (Wildman–Crippen MR) is 72.7 cm³/mol. The molecule has 0 bridgehead atoms. The molecule has 2 aromatic carbocycles. The van der Waals surface area contributed by atoms with Gasteiger partial charge in [0.25, 0.3) is 0 Å². The molecule has 2 rings (SSSR count). The molecule has 0 heterocycles. The van der Waals surface area contributed by atoms with Crippen molar-refractivity contribution in [3.05, 3.63) is 71.8 Å². The maximum absolute atomic E-state index is 2.24. The Labute approximate surface area is 111 Å². The summed E-state index contributed by atoms with van der Waals surface area (Å²) in [6.45, 7) is 0. The summed E-state index contributed by atoms with van der Waals surface area (Å²) in [6, 6.07) is 21.7. The summed E-state index contributed by atoms with van der Waals surface area (Å²) in [6.07, 6.45) is 1.27. The van der Waals surface area contributed by atoms with Crippen LogP contribution in [0.1, 0.15) is 23.5 Å². The first-order valence-electron chi connectivity index (χ1n) is 5.72. The predicted octanol–water partition coefficient (Wildman–Crippen LogP) is 3.26. The van der Waals surface area contributed by atoms with E-state index in [-0.39, 0.29) is 0 Å². The van der Waals surface area contributed by atoms with Crippen LogP contribution in [0, 0.1) is 0 Å². The van der Waals surface area contributed by atoms with E-state index in [1.54, 1.807) is 0 Å². The van der Waals surface area contributed by atoms with Gasteiger partial charge in [-0.05, 0) is 0 Å². The van der Waals surface area contributed by atoms with E-state index in [4.69, 9.17) is 0 Å².